The van der Waals surface area contributed by atoms with Crippen molar-refractivity contribution in [2.45, 2.75) is 13.1 Å². The monoisotopic (exact) mass is 348 g/mol. The largest absolute Gasteiger partial charge is 0.350 e. The van der Waals surface area contributed by atoms with E-state index in [9.17, 15) is 4.79 Å². The van der Waals surface area contributed by atoms with Gasteiger partial charge < -0.3 is 9.88 Å². The van der Waals surface area contributed by atoms with E-state index in [2.05, 4.69) is 15.3 Å². The fourth-order valence-electron chi connectivity index (χ4n) is 2.76. The van der Waals surface area contributed by atoms with Gasteiger partial charge in [0.2, 0.25) is 5.91 Å². The third-order valence-electron chi connectivity index (χ3n) is 3.96. The second kappa shape index (κ2) is 6.86. The third-order valence-corrected chi connectivity index (χ3v) is 4.84. The zero-order valence-electron chi connectivity index (χ0n) is 13.4. The van der Waals surface area contributed by atoms with Crippen LogP contribution in [0.5, 0.6) is 0 Å². The number of nitrogens with one attached hydrogen (secondary N) is 1. The standard InChI is InChI=1S/C19H16N4OS/c24-18(12-23-13-22-15-6-1-2-7-16(15)23)21-11-14-5-3-9-20-19(14)17-8-4-10-25-17/h1-10,13H,11-12H2,(H,21,24). The maximum absolute atomic E-state index is 12.3. The van der Waals surface area contributed by atoms with Crippen LogP contribution in [0.4, 0.5) is 0 Å². The predicted octanol–water partition coefficient (Wildman–Crippen LogP) is 3.48. The van der Waals surface area contributed by atoms with Gasteiger partial charge >= 0.3 is 0 Å². The molecule has 1 N–H and O–H groups in total. The van der Waals surface area contributed by atoms with Crippen molar-refractivity contribution in [3.8, 4) is 10.6 Å². The Kier molecular flexibility index (Phi) is 4.26. The Morgan fingerprint density at radius 2 is 2.00 bits per heavy atom. The highest BCUT2D eigenvalue weighted by molar-refractivity contribution is 7.13. The van der Waals surface area contributed by atoms with Gasteiger partial charge in [0.15, 0.2) is 0 Å². The summed E-state index contributed by atoms with van der Waals surface area (Å²) in [6, 6.07) is 15.7. The molecule has 1 aromatic carbocycles. The molecule has 0 aliphatic rings. The molecule has 0 saturated carbocycles. The van der Waals surface area contributed by atoms with Crippen molar-refractivity contribution in [3.63, 3.8) is 0 Å². The molecule has 1 amide bonds. The number of pyridine rings is 1. The lowest BCUT2D eigenvalue weighted by Crippen LogP contribution is -2.27. The maximum Gasteiger partial charge on any atom is 0.240 e. The number of hydrogen-bond acceptors (Lipinski definition) is 4. The minimum atomic E-state index is -0.0517. The van der Waals surface area contributed by atoms with Gasteiger partial charge in [-0.2, -0.15) is 0 Å². The van der Waals surface area contributed by atoms with Crippen molar-refractivity contribution in [3.05, 3.63) is 72.0 Å². The summed E-state index contributed by atoms with van der Waals surface area (Å²) in [5, 5.41) is 5.01. The molecule has 0 atom stereocenters. The average molecular weight is 348 g/mol. The number of aromatic nitrogens is 3. The van der Waals surface area contributed by atoms with Crippen molar-refractivity contribution < 1.29 is 4.79 Å². The van der Waals surface area contributed by atoms with Crippen LogP contribution in [0.2, 0.25) is 0 Å². The van der Waals surface area contributed by atoms with E-state index in [4.69, 9.17) is 0 Å². The molecule has 124 valence electrons. The van der Waals surface area contributed by atoms with Crippen LogP contribution in [-0.2, 0) is 17.9 Å². The van der Waals surface area contributed by atoms with Crippen LogP contribution in [-0.4, -0.2) is 20.4 Å². The molecule has 4 aromatic rings. The number of nitrogens with zero attached hydrogens (tertiary/aromatic N) is 3. The topological polar surface area (TPSA) is 59.8 Å². The van der Waals surface area contributed by atoms with E-state index >= 15 is 0 Å². The van der Waals surface area contributed by atoms with Crippen molar-refractivity contribution in [1.29, 1.82) is 0 Å². The van der Waals surface area contributed by atoms with Gasteiger partial charge in [0.25, 0.3) is 0 Å². The van der Waals surface area contributed by atoms with Gasteiger partial charge in [0, 0.05) is 12.7 Å². The van der Waals surface area contributed by atoms with E-state index < -0.39 is 0 Å². The van der Waals surface area contributed by atoms with E-state index in [1.807, 2.05) is 58.5 Å². The van der Waals surface area contributed by atoms with Gasteiger partial charge in [0.05, 0.1) is 27.9 Å². The highest BCUT2D eigenvalue weighted by Gasteiger charge is 2.10. The smallest absolute Gasteiger partial charge is 0.240 e. The average Bonchev–Trinajstić information content (AvgIpc) is 3.31. The van der Waals surface area contributed by atoms with Crippen LogP contribution in [0.1, 0.15) is 5.56 Å². The minimum absolute atomic E-state index is 0.0517. The number of carbonyl (C=O) groups excluding carboxylic acids is 1. The molecule has 0 spiro atoms. The Morgan fingerprint density at radius 3 is 2.88 bits per heavy atom. The summed E-state index contributed by atoms with van der Waals surface area (Å²) in [7, 11) is 0. The zero-order chi connectivity index (χ0) is 17.1. The van der Waals surface area contributed by atoms with Gasteiger partial charge in [-0.25, -0.2) is 4.98 Å². The van der Waals surface area contributed by atoms with E-state index in [0.717, 1.165) is 27.2 Å². The molecule has 5 nitrogen and oxygen atoms in total. The number of imidazole rings is 1. The first-order chi connectivity index (χ1) is 12.3. The molecule has 0 fully saturated rings. The second-order valence-electron chi connectivity index (χ2n) is 5.63. The van der Waals surface area contributed by atoms with Crippen LogP contribution in [0, 0.1) is 0 Å². The molecule has 0 radical (unpaired) electrons. The van der Waals surface area contributed by atoms with E-state index in [1.54, 1.807) is 23.9 Å². The molecule has 3 aromatic heterocycles. The molecule has 4 rings (SSSR count). The van der Waals surface area contributed by atoms with Gasteiger partial charge in [-0.05, 0) is 35.2 Å². The highest BCUT2D eigenvalue weighted by atomic mass is 32.1. The van der Waals surface area contributed by atoms with Crippen molar-refractivity contribution >= 4 is 28.3 Å². The number of fused-ring (bicyclic) bond motifs is 1. The minimum Gasteiger partial charge on any atom is -0.350 e. The molecule has 0 unspecified atom stereocenters. The van der Waals surface area contributed by atoms with Crippen molar-refractivity contribution in [1.82, 2.24) is 19.9 Å². The van der Waals surface area contributed by atoms with Crippen LogP contribution >= 0.6 is 11.3 Å². The van der Waals surface area contributed by atoms with Crippen LogP contribution in [0.15, 0.2) is 66.4 Å². The van der Waals surface area contributed by atoms with Gasteiger partial charge in [-0.3, -0.25) is 9.78 Å². The van der Waals surface area contributed by atoms with Crippen LogP contribution in [0.3, 0.4) is 0 Å². The quantitative estimate of drug-likeness (QED) is 0.601. The summed E-state index contributed by atoms with van der Waals surface area (Å²) >= 11 is 1.64. The summed E-state index contributed by atoms with van der Waals surface area (Å²) in [5.74, 6) is -0.0517. The molecule has 0 aliphatic heterocycles. The van der Waals surface area contributed by atoms with E-state index in [0.29, 0.717) is 6.54 Å². The second-order valence-corrected chi connectivity index (χ2v) is 6.57. The van der Waals surface area contributed by atoms with E-state index in [1.165, 1.54) is 0 Å². The van der Waals surface area contributed by atoms with Gasteiger partial charge in [0.1, 0.15) is 6.54 Å². The number of thiophene rings is 1. The lowest BCUT2D eigenvalue weighted by molar-refractivity contribution is -0.121. The molecule has 0 saturated heterocycles. The summed E-state index contributed by atoms with van der Waals surface area (Å²) in [6.07, 6.45) is 3.48. The summed E-state index contributed by atoms with van der Waals surface area (Å²) in [6.45, 7) is 0.696. The molecule has 25 heavy (non-hydrogen) atoms. The number of rotatable bonds is 5. The summed E-state index contributed by atoms with van der Waals surface area (Å²) in [4.78, 5) is 22.2. The highest BCUT2D eigenvalue weighted by Crippen LogP contribution is 2.25. The number of carbonyl (C=O) groups is 1. The zero-order valence-corrected chi connectivity index (χ0v) is 14.2. The number of amides is 1. The Morgan fingerprint density at radius 1 is 1.08 bits per heavy atom. The first-order valence-corrected chi connectivity index (χ1v) is 8.83. The number of para-hydroxylation sites is 2. The fraction of sp³-hybridized carbons (Fsp3) is 0.105. The van der Waals surface area contributed by atoms with E-state index in [-0.39, 0.29) is 12.5 Å². The Labute approximate surface area is 149 Å². The Balaban J connectivity index is 1.46. The molecule has 6 heteroatoms. The molecule has 0 bridgehead atoms. The normalized spacial score (nSPS) is 10.9. The van der Waals surface area contributed by atoms with Crippen molar-refractivity contribution in [2.75, 3.05) is 0 Å². The van der Waals surface area contributed by atoms with Crippen molar-refractivity contribution in [2.24, 2.45) is 0 Å². The predicted molar refractivity (Wildman–Crippen MR) is 99.1 cm³/mol. The van der Waals surface area contributed by atoms with Crippen LogP contribution < -0.4 is 5.32 Å². The summed E-state index contributed by atoms with van der Waals surface area (Å²) in [5.41, 5.74) is 3.78. The Bertz CT molecular complexity index is 1010. The number of hydrogen-bond donors (Lipinski definition) is 1. The molecular formula is C19H16N4OS. The van der Waals surface area contributed by atoms with Gasteiger partial charge in [-0.1, -0.05) is 24.3 Å². The lowest BCUT2D eigenvalue weighted by atomic mass is 10.1. The summed E-state index contributed by atoms with van der Waals surface area (Å²) < 4.78 is 1.86. The molecule has 0 aliphatic carbocycles. The lowest BCUT2D eigenvalue weighted by Gasteiger charge is -2.09. The Hall–Kier alpha value is -2.99. The van der Waals surface area contributed by atoms with Gasteiger partial charge in [-0.15, -0.1) is 11.3 Å². The fourth-order valence-corrected chi connectivity index (χ4v) is 3.51. The first kappa shape index (κ1) is 15.5. The number of benzene rings is 1. The molecular weight excluding hydrogens is 332 g/mol. The molecule has 3 heterocycles. The SMILES string of the molecule is O=C(Cn1cnc2ccccc21)NCc1cccnc1-c1cccs1. The van der Waals surface area contributed by atoms with Crippen LogP contribution in [0.25, 0.3) is 21.6 Å². The first-order valence-electron chi connectivity index (χ1n) is 7.95. The maximum atomic E-state index is 12.3. The third kappa shape index (κ3) is 3.29.